The average molecular weight is 675 g/mol. The van der Waals surface area contributed by atoms with Gasteiger partial charge in [-0.15, -0.1) is 0 Å². The fourth-order valence-corrected chi connectivity index (χ4v) is 13.5. The molecule has 2 saturated heterocycles. The average Bonchev–Trinajstić information content (AvgIpc) is 3.94. The van der Waals surface area contributed by atoms with E-state index in [1.54, 1.807) is 0 Å². The standard InChI is InChI=1S/C37H58N2O7S/c1-21(40)32(33(42)43)38-18-23-6-7-25-27(45-23)17-26-24-8-9-28-34(2,3)29(10-11-36(28)20-35(24,36)12-13-37(25,26)47)46-31-19-39(14-15-44-31)30(41)16-22-4-5-22/h21-29,31-32,38,40,47H,4-20H2,1-3H3,(H,42,43)/t21?,23?,24?,25-,26?,27?,28?,29-,31?,32+,35?,36?,37?/m0/s1. The number of aliphatic carboxylic acids is 1. The van der Waals surface area contributed by atoms with Crippen molar-refractivity contribution in [3.8, 4) is 0 Å². The van der Waals surface area contributed by atoms with Gasteiger partial charge < -0.3 is 29.3 Å². The van der Waals surface area contributed by atoms with Gasteiger partial charge in [0, 0.05) is 24.3 Å². The lowest BCUT2D eigenvalue weighted by molar-refractivity contribution is -0.243. The van der Waals surface area contributed by atoms with Gasteiger partial charge in [-0.3, -0.25) is 14.9 Å². The molecule has 10 unspecified atom stereocenters. The van der Waals surface area contributed by atoms with Crippen LogP contribution in [0.4, 0.5) is 0 Å². The predicted molar refractivity (Wildman–Crippen MR) is 179 cm³/mol. The number of carbonyl (C=O) groups excluding carboxylic acids is 1. The molecule has 10 heteroatoms. The molecule has 47 heavy (non-hydrogen) atoms. The second-order valence-corrected chi connectivity index (χ2v) is 18.6. The zero-order valence-corrected chi connectivity index (χ0v) is 29.6. The van der Waals surface area contributed by atoms with E-state index in [4.69, 9.17) is 26.8 Å². The third-order valence-corrected chi connectivity index (χ3v) is 16.1. The number of carboxylic acids is 1. The Hall–Kier alpha value is -0.910. The fraction of sp³-hybridized carbons (Fsp3) is 0.946. The SMILES string of the molecule is CC(O)[C@@H](NCC1CC[C@H]2C(CC3C4CCC5C(C)(C)[C@@H](OC6CN(C(=O)CC7CC7)CCO6)CCC56CC46CCC32S)O1)C(=O)O. The zero-order valence-electron chi connectivity index (χ0n) is 28.7. The van der Waals surface area contributed by atoms with Crippen molar-refractivity contribution in [2.24, 2.45) is 45.8 Å². The number of morpholine rings is 1. The molecule has 2 spiro atoms. The number of ether oxygens (including phenoxy) is 3. The van der Waals surface area contributed by atoms with Crippen LogP contribution in [0.5, 0.6) is 0 Å². The van der Waals surface area contributed by atoms with E-state index in [1.165, 1.54) is 58.3 Å². The Bertz CT molecular complexity index is 1240. The first-order valence-electron chi connectivity index (χ1n) is 18.9. The normalized spacial score (nSPS) is 47.8. The molecule has 3 N–H and O–H groups in total. The van der Waals surface area contributed by atoms with Gasteiger partial charge >= 0.3 is 5.97 Å². The summed E-state index contributed by atoms with van der Waals surface area (Å²) in [6.07, 6.45) is 13.8. The van der Waals surface area contributed by atoms with Gasteiger partial charge in [0.2, 0.25) is 5.91 Å². The van der Waals surface area contributed by atoms with E-state index in [2.05, 4.69) is 19.2 Å². The molecule has 13 atom stereocenters. The van der Waals surface area contributed by atoms with Crippen LogP contribution in [-0.4, -0.2) is 94.7 Å². The number of aliphatic hydroxyl groups is 1. The van der Waals surface area contributed by atoms with Gasteiger partial charge in [0.05, 0.1) is 37.6 Å². The van der Waals surface area contributed by atoms with Crippen molar-refractivity contribution in [3.05, 3.63) is 0 Å². The van der Waals surface area contributed by atoms with Crippen LogP contribution in [0.15, 0.2) is 0 Å². The van der Waals surface area contributed by atoms with Crippen molar-refractivity contribution < 1.29 is 34.0 Å². The Morgan fingerprint density at radius 3 is 2.55 bits per heavy atom. The second-order valence-electron chi connectivity index (χ2n) is 17.8. The highest BCUT2D eigenvalue weighted by Crippen LogP contribution is 2.86. The summed E-state index contributed by atoms with van der Waals surface area (Å²) < 4.78 is 19.7. The third-order valence-electron chi connectivity index (χ3n) is 15.2. The number of hydrogen-bond acceptors (Lipinski definition) is 8. The summed E-state index contributed by atoms with van der Waals surface area (Å²) in [5.41, 5.74) is 0.879. The largest absolute Gasteiger partial charge is 0.480 e. The molecular formula is C37H58N2O7S. The van der Waals surface area contributed by atoms with Gasteiger partial charge in [-0.05, 0) is 130 Å². The Balaban J connectivity index is 0.918. The minimum absolute atomic E-state index is 0.0236. The number of carbonyl (C=O) groups is 2. The summed E-state index contributed by atoms with van der Waals surface area (Å²) >= 11 is 5.58. The number of aliphatic hydroxyl groups excluding tert-OH is 1. The monoisotopic (exact) mass is 674 g/mol. The van der Waals surface area contributed by atoms with Crippen LogP contribution >= 0.6 is 12.6 Å². The molecule has 2 aliphatic heterocycles. The summed E-state index contributed by atoms with van der Waals surface area (Å²) in [5, 5.41) is 22.5. The second kappa shape index (κ2) is 11.8. The number of nitrogens with zero attached hydrogens (tertiary/aromatic N) is 1. The number of thiol groups is 1. The van der Waals surface area contributed by atoms with E-state index < -0.39 is 18.1 Å². The van der Waals surface area contributed by atoms with Crippen molar-refractivity contribution in [3.63, 3.8) is 0 Å². The predicted octanol–water partition coefficient (Wildman–Crippen LogP) is 4.65. The Morgan fingerprint density at radius 2 is 1.81 bits per heavy atom. The first-order valence-corrected chi connectivity index (χ1v) is 19.4. The van der Waals surface area contributed by atoms with E-state index >= 15 is 0 Å². The number of hydrogen-bond donors (Lipinski definition) is 4. The van der Waals surface area contributed by atoms with E-state index in [0.717, 1.165) is 25.7 Å². The lowest BCUT2D eigenvalue weighted by Gasteiger charge is -2.59. The van der Waals surface area contributed by atoms with Crippen LogP contribution in [0.1, 0.15) is 104 Å². The quantitative estimate of drug-likeness (QED) is 0.262. The minimum Gasteiger partial charge on any atom is -0.480 e. The molecule has 0 aromatic rings. The molecule has 8 aliphatic rings. The topological polar surface area (TPSA) is 118 Å². The van der Waals surface area contributed by atoms with E-state index in [9.17, 15) is 19.8 Å². The lowest BCUT2D eigenvalue weighted by Crippen LogP contribution is -2.57. The van der Waals surface area contributed by atoms with Crippen molar-refractivity contribution in [2.75, 3.05) is 26.2 Å². The maximum absolute atomic E-state index is 12.9. The fourth-order valence-electron chi connectivity index (χ4n) is 12.8. The molecular weight excluding hydrogens is 616 g/mol. The highest BCUT2D eigenvalue weighted by Gasteiger charge is 2.81. The molecule has 8 rings (SSSR count). The van der Waals surface area contributed by atoms with Crippen LogP contribution in [-0.2, 0) is 23.8 Å². The third kappa shape index (κ3) is 5.35. The van der Waals surface area contributed by atoms with Crippen molar-refractivity contribution in [1.29, 1.82) is 0 Å². The molecule has 8 fully saturated rings. The molecule has 0 aromatic heterocycles. The summed E-state index contributed by atoms with van der Waals surface area (Å²) in [5.74, 6) is 2.20. The number of rotatable bonds is 9. The smallest absolute Gasteiger partial charge is 0.323 e. The van der Waals surface area contributed by atoms with Crippen LogP contribution < -0.4 is 5.32 Å². The highest BCUT2D eigenvalue weighted by molar-refractivity contribution is 7.81. The van der Waals surface area contributed by atoms with Crippen molar-refractivity contribution >= 4 is 24.5 Å². The minimum atomic E-state index is -1.03. The van der Waals surface area contributed by atoms with Gasteiger partial charge in [-0.2, -0.15) is 12.6 Å². The summed E-state index contributed by atoms with van der Waals surface area (Å²) in [6, 6.07) is -0.976. The van der Waals surface area contributed by atoms with Crippen LogP contribution in [0, 0.1) is 45.8 Å². The first-order chi connectivity index (χ1) is 22.4. The number of fused-ring (bicyclic) bond motifs is 4. The molecule has 264 valence electrons. The molecule has 1 amide bonds. The molecule has 6 saturated carbocycles. The maximum atomic E-state index is 12.9. The van der Waals surface area contributed by atoms with Gasteiger partial charge in [0.25, 0.3) is 0 Å². The van der Waals surface area contributed by atoms with Gasteiger partial charge in [-0.25, -0.2) is 0 Å². The van der Waals surface area contributed by atoms with Crippen LogP contribution in [0.2, 0.25) is 0 Å². The van der Waals surface area contributed by atoms with E-state index in [-0.39, 0.29) is 40.7 Å². The van der Waals surface area contributed by atoms with E-state index in [1.807, 2.05) is 4.90 Å². The number of nitrogens with one attached hydrogen (secondary N) is 1. The van der Waals surface area contributed by atoms with Gasteiger partial charge in [0.1, 0.15) is 6.04 Å². The molecule has 9 nitrogen and oxygen atoms in total. The molecule has 0 aromatic carbocycles. The Morgan fingerprint density at radius 1 is 1.02 bits per heavy atom. The van der Waals surface area contributed by atoms with Gasteiger partial charge in [0.15, 0.2) is 6.29 Å². The van der Waals surface area contributed by atoms with Crippen LogP contribution in [0.25, 0.3) is 0 Å². The number of amides is 1. The highest BCUT2D eigenvalue weighted by atomic mass is 32.1. The molecule has 0 radical (unpaired) electrons. The molecule has 2 heterocycles. The van der Waals surface area contributed by atoms with E-state index in [0.29, 0.717) is 73.1 Å². The van der Waals surface area contributed by atoms with Gasteiger partial charge in [-0.1, -0.05) is 13.8 Å². The summed E-state index contributed by atoms with van der Waals surface area (Å²) in [4.78, 5) is 26.4. The summed E-state index contributed by atoms with van der Waals surface area (Å²) in [6.45, 7) is 8.69. The van der Waals surface area contributed by atoms with Crippen molar-refractivity contribution in [2.45, 2.75) is 146 Å². The zero-order chi connectivity index (χ0) is 32.9. The number of carboxylic acid groups (broad SMARTS) is 1. The molecule has 6 aliphatic carbocycles. The maximum Gasteiger partial charge on any atom is 0.323 e. The molecule has 0 bridgehead atoms. The first kappa shape index (κ1) is 33.2. The van der Waals surface area contributed by atoms with Crippen molar-refractivity contribution in [1.82, 2.24) is 10.2 Å². The Labute approximate surface area is 286 Å². The van der Waals surface area contributed by atoms with Crippen LogP contribution in [0.3, 0.4) is 0 Å². The Kier molecular flexibility index (Phi) is 8.37. The lowest BCUT2D eigenvalue weighted by atomic mass is 9.48. The summed E-state index contributed by atoms with van der Waals surface area (Å²) in [7, 11) is 0.